The fraction of sp³-hybridized carbons (Fsp3) is 0.929. The van der Waals surface area contributed by atoms with Crippen LogP contribution in [-0.4, -0.2) is 55.4 Å². The molecule has 0 bridgehead atoms. The summed E-state index contributed by atoms with van der Waals surface area (Å²) < 4.78 is 5.28. The van der Waals surface area contributed by atoms with E-state index in [-0.39, 0.29) is 12.1 Å². The number of ether oxygens (including phenoxy) is 1. The second kappa shape index (κ2) is 7.10. The number of nitrogens with one attached hydrogen (secondary N) is 2. The number of rotatable bonds is 3. The largest absolute Gasteiger partial charge is 0.378 e. The molecule has 1 saturated carbocycles. The summed E-state index contributed by atoms with van der Waals surface area (Å²) in [6.45, 7) is 7.06. The van der Waals surface area contributed by atoms with Crippen molar-refractivity contribution in [3.05, 3.63) is 0 Å². The summed E-state index contributed by atoms with van der Waals surface area (Å²) >= 11 is 0. The number of carbonyl (C=O) groups is 1. The second-order valence-corrected chi connectivity index (χ2v) is 5.87. The first-order chi connectivity index (χ1) is 9.16. The van der Waals surface area contributed by atoms with E-state index in [9.17, 15) is 4.79 Å². The Bertz CT molecular complexity index is 290. The molecule has 2 atom stereocenters. The molecular formula is C14H27N3O2. The van der Waals surface area contributed by atoms with E-state index < -0.39 is 0 Å². The molecule has 1 aliphatic carbocycles. The minimum absolute atomic E-state index is 0.0748. The topological polar surface area (TPSA) is 53.6 Å². The van der Waals surface area contributed by atoms with Crippen molar-refractivity contribution in [1.29, 1.82) is 0 Å². The molecule has 1 saturated heterocycles. The summed E-state index contributed by atoms with van der Waals surface area (Å²) in [6, 6.07) is 1.22. The second-order valence-electron chi connectivity index (χ2n) is 5.87. The smallest absolute Gasteiger partial charge is 0.317 e. The first kappa shape index (κ1) is 14.6. The van der Waals surface area contributed by atoms with Crippen LogP contribution in [-0.2, 0) is 4.74 Å². The Kier molecular flexibility index (Phi) is 5.45. The normalized spacial score (nSPS) is 28.5. The molecule has 0 unspecified atom stereocenters. The van der Waals surface area contributed by atoms with Crippen LogP contribution in [0.1, 0.15) is 39.5 Å². The van der Waals surface area contributed by atoms with Gasteiger partial charge in [0.15, 0.2) is 0 Å². The first-order valence-corrected chi connectivity index (χ1v) is 7.56. The molecule has 0 radical (unpaired) electrons. The van der Waals surface area contributed by atoms with Crippen LogP contribution < -0.4 is 10.6 Å². The Hall–Kier alpha value is -0.810. The van der Waals surface area contributed by atoms with Crippen LogP contribution in [0.5, 0.6) is 0 Å². The van der Waals surface area contributed by atoms with Gasteiger partial charge in [0, 0.05) is 31.2 Å². The average Bonchev–Trinajstić information content (AvgIpc) is 2.41. The van der Waals surface area contributed by atoms with Crippen LogP contribution in [0, 0.1) is 0 Å². The van der Waals surface area contributed by atoms with E-state index in [0.29, 0.717) is 38.4 Å². The van der Waals surface area contributed by atoms with Crippen LogP contribution in [0.25, 0.3) is 0 Å². The molecule has 110 valence electrons. The number of nitrogens with zero attached hydrogens (tertiary/aromatic N) is 1. The van der Waals surface area contributed by atoms with Crippen molar-refractivity contribution in [2.75, 3.05) is 26.3 Å². The average molecular weight is 269 g/mol. The minimum atomic E-state index is 0.0748. The maximum atomic E-state index is 12.2. The number of amides is 2. The molecule has 1 aliphatic heterocycles. The van der Waals surface area contributed by atoms with E-state index >= 15 is 0 Å². The highest BCUT2D eigenvalue weighted by Crippen LogP contribution is 2.19. The molecule has 5 heteroatoms. The van der Waals surface area contributed by atoms with Crippen molar-refractivity contribution in [1.82, 2.24) is 15.5 Å². The van der Waals surface area contributed by atoms with E-state index in [1.165, 1.54) is 12.8 Å². The Morgan fingerprint density at radius 2 is 1.79 bits per heavy atom. The highest BCUT2D eigenvalue weighted by atomic mass is 16.5. The number of morpholine rings is 1. The molecule has 19 heavy (non-hydrogen) atoms. The van der Waals surface area contributed by atoms with Crippen LogP contribution in [0.15, 0.2) is 0 Å². The van der Waals surface area contributed by atoms with Gasteiger partial charge in [-0.05, 0) is 12.8 Å². The highest BCUT2D eigenvalue weighted by molar-refractivity contribution is 5.74. The van der Waals surface area contributed by atoms with Crippen molar-refractivity contribution in [2.45, 2.75) is 57.7 Å². The van der Waals surface area contributed by atoms with E-state index in [1.54, 1.807) is 0 Å². The number of hydrogen-bond donors (Lipinski definition) is 2. The summed E-state index contributed by atoms with van der Waals surface area (Å²) in [6.07, 6.45) is 4.71. The van der Waals surface area contributed by atoms with Gasteiger partial charge >= 0.3 is 6.03 Å². The van der Waals surface area contributed by atoms with Crippen molar-refractivity contribution < 1.29 is 9.53 Å². The molecule has 0 aromatic heterocycles. The zero-order valence-electron chi connectivity index (χ0n) is 12.2. The van der Waals surface area contributed by atoms with E-state index in [1.807, 2.05) is 4.90 Å². The Balaban J connectivity index is 1.85. The summed E-state index contributed by atoms with van der Waals surface area (Å²) in [5, 5.41) is 6.80. The van der Waals surface area contributed by atoms with Crippen molar-refractivity contribution in [2.24, 2.45) is 0 Å². The SMILES string of the molecule is CC(C)N[C@H]1CCCC[C@@H]1NC(=O)N1CCOCC1. The number of hydrogen-bond acceptors (Lipinski definition) is 3. The first-order valence-electron chi connectivity index (χ1n) is 7.56. The van der Waals surface area contributed by atoms with Crippen LogP contribution in [0.2, 0.25) is 0 Å². The minimum Gasteiger partial charge on any atom is -0.378 e. The zero-order chi connectivity index (χ0) is 13.7. The molecule has 5 nitrogen and oxygen atoms in total. The Morgan fingerprint density at radius 1 is 1.16 bits per heavy atom. The lowest BCUT2D eigenvalue weighted by atomic mass is 9.90. The van der Waals surface area contributed by atoms with Gasteiger partial charge in [-0.1, -0.05) is 26.7 Å². The standard InChI is InChI=1S/C14H27N3O2/c1-11(2)15-12-5-3-4-6-13(12)16-14(18)17-7-9-19-10-8-17/h11-13,15H,3-10H2,1-2H3,(H,16,18)/t12-,13-/m0/s1. The lowest BCUT2D eigenvalue weighted by Crippen LogP contribution is -2.57. The fourth-order valence-electron chi connectivity index (χ4n) is 2.95. The molecular weight excluding hydrogens is 242 g/mol. The van der Waals surface area contributed by atoms with Gasteiger partial charge in [0.25, 0.3) is 0 Å². The summed E-state index contributed by atoms with van der Waals surface area (Å²) in [5.74, 6) is 0. The molecule has 2 rings (SSSR count). The summed E-state index contributed by atoms with van der Waals surface area (Å²) in [7, 11) is 0. The van der Waals surface area contributed by atoms with Crippen LogP contribution >= 0.6 is 0 Å². The zero-order valence-corrected chi connectivity index (χ0v) is 12.2. The number of urea groups is 1. The molecule has 0 spiro atoms. The van der Waals surface area contributed by atoms with Crippen molar-refractivity contribution in [3.63, 3.8) is 0 Å². The maximum Gasteiger partial charge on any atom is 0.317 e. The van der Waals surface area contributed by atoms with Crippen LogP contribution in [0.3, 0.4) is 0 Å². The predicted molar refractivity (Wildman–Crippen MR) is 75.2 cm³/mol. The van der Waals surface area contributed by atoms with Crippen LogP contribution in [0.4, 0.5) is 4.79 Å². The van der Waals surface area contributed by atoms with E-state index in [2.05, 4.69) is 24.5 Å². The number of carbonyl (C=O) groups excluding carboxylic acids is 1. The maximum absolute atomic E-state index is 12.2. The van der Waals surface area contributed by atoms with E-state index in [0.717, 1.165) is 12.8 Å². The lowest BCUT2D eigenvalue weighted by molar-refractivity contribution is 0.0516. The van der Waals surface area contributed by atoms with Gasteiger partial charge < -0.3 is 20.3 Å². The third-order valence-electron chi connectivity index (χ3n) is 3.92. The van der Waals surface area contributed by atoms with Gasteiger partial charge in [-0.15, -0.1) is 0 Å². The van der Waals surface area contributed by atoms with Gasteiger partial charge in [-0.3, -0.25) is 0 Å². The molecule has 2 amide bonds. The molecule has 2 fully saturated rings. The molecule has 2 N–H and O–H groups in total. The summed E-state index contributed by atoms with van der Waals surface area (Å²) in [4.78, 5) is 14.1. The van der Waals surface area contributed by atoms with Gasteiger partial charge in [0.05, 0.1) is 13.2 Å². The van der Waals surface area contributed by atoms with Gasteiger partial charge in [0.2, 0.25) is 0 Å². The van der Waals surface area contributed by atoms with Crippen molar-refractivity contribution >= 4 is 6.03 Å². The fourth-order valence-corrected chi connectivity index (χ4v) is 2.95. The highest BCUT2D eigenvalue weighted by Gasteiger charge is 2.28. The van der Waals surface area contributed by atoms with E-state index in [4.69, 9.17) is 4.74 Å². The Morgan fingerprint density at radius 3 is 2.42 bits per heavy atom. The third-order valence-corrected chi connectivity index (χ3v) is 3.92. The molecule has 1 heterocycles. The molecule has 0 aromatic rings. The van der Waals surface area contributed by atoms with Gasteiger partial charge in [0.1, 0.15) is 0 Å². The third kappa shape index (κ3) is 4.35. The lowest BCUT2D eigenvalue weighted by Gasteiger charge is -2.36. The molecule has 0 aromatic carbocycles. The predicted octanol–water partition coefficient (Wildman–Crippen LogP) is 1.34. The van der Waals surface area contributed by atoms with Crippen molar-refractivity contribution in [3.8, 4) is 0 Å². The summed E-state index contributed by atoms with van der Waals surface area (Å²) in [5.41, 5.74) is 0. The Labute approximate surface area is 116 Å². The van der Waals surface area contributed by atoms with Gasteiger partial charge in [-0.2, -0.15) is 0 Å². The monoisotopic (exact) mass is 269 g/mol. The molecule has 2 aliphatic rings. The van der Waals surface area contributed by atoms with Gasteiger partial charge in [-0.25, -0.2) is 4.79 Å². The quantitative estimate of drug-likeness (QED) is 0.813.